The first-order valence-corrected chi connectivity index (χ1v) is 8.76. The van der Waals surface area contributed by atoms with E-state index in [4.69, 9.17) is 4.74 Å². The lowest BCUT2D eigenvalue weighted by molar-refractivity contribution is 0.265. The normalized spacial score (nSPS) is 13.1. The molecule has 0 bridgehead atoms. The third-order valence-corrected chi connectivity index (χ3v) is 4.96. The van der Waals surface area contributed by atoms with Crippen LogP contribution in [0.1, 0.15) is 32.5 Å². The number of nitrogens with zero attached hydrogens (tertiary/aromatic N) is 3. The Balaban J connectivity index is 2.25. The molecule has 2 aromatic heterocycles. The third-order valence-electron chi connectivity index (χ3n) is 4.96. The lowest BCUT2D eigenvalue weighted by atomic mass is 10.1. The van der Waals surface area contributed by atoms with Crippen LogP contribution in [0, 0.1) is 6.92 Å². The monoisotopic (exact) mass is 325 g/mol. The van der Waals surface area contributed by atoms with Crippen molar-refractivity contribution in [3.63, 3.8) is 0 Å². The van der Waals surface area contributed by atoms with Crippen LogP contribution >= 0.6 is 0 Å². The van der Waals surface area contributed by atoms with Gasteiger partial charge in [-0.15, -0.1) is 0 Å². The number of ether oxygens (including phenoxy) is 1. The van der Waals surface area contributed by atoms with Crippen LogP contribution in [-0.2, 0) is 0 Å². The van der Waals surface area contributed by atoms with Crippen molar-refractivity contribution in [2.45, 2.75) is 33.7 Å². The van der Waals surface area contributed by atoms with Gasteiger partial charge in [0.1, 0.15) is 5.75 Å². The van der Waals surface area contributed by atoms with Gasteiger partial charge in [-0.1, -0.05) is 13.8 Å². The summed E-state index contributed by atoms with van der Waals surface area (Å²) in [5.74, 6) is 0.896. The maximum absolute atomic E-state index is 5.47. The molecule has 128 valence electrons. The maximum Gasteiger partial charge on any atom is 0.120 e. The highest BCUT2D eigenvalue weighted by molar-refractivity contribution is 6.09. The van der Waals surface area contributed by atoms with E-state index in [0.29, 0.717) is 6.04 Å². The average molecular weight is 325 g/mol. The number of aromatic nitrogens is 2. The van der Waals surface area contributed by atoms with E-state index < -0.39 is 0 Å². The predicted molar refractivity (Wildman–Crippen MR) is 101 cm³/mol. The van der Waals surface area contributed by atoms with Crippen molar-refractivity contribution < 1.29 is 4.74 Å². The van der Waals surface area contributed by atoms with E-state index >= 15 is 0 Å². The van der Waals surface area contributed by atoms with Crippen molar-refractivity contribution in [3.8, 4) is 5.75 Å². The fourth-order valence-electron chi connectivity index (χ4n) is 3.66. The Morgan fingerprint density at radius 3 is 2.58 bits per heavy atom. The lowest BCUT2D eigenvalue weighted by Crippen LogP contribution is -2.29. The summed E-state index contributed by atoms with van der Waals surface area (Å²) < 4.78 is 7.91. The quantitative estimate of drug-likeness (QED) is 0.672. The van der Waals surface area contributed by atoms with Crippen molar-refractivity contribution in [1.29, 1.82) is 0 Å². The molecule has 24 heavy (non-hydrogen) atoms. The average Bonchev–Trinajstić information content (AvgIpc) is 2.94. The topological polar surface area (TPSA) is 30.3 Å². The first-order chi connectivity index (χ1) is 11.6. The molecule has 0 aliphatic heterocycles. The number of fused-ring (bicyclic) bond motifs is 3. The Morgan fingerprint density at radius 2 is 1.92 bits per heavy atom. The molecule has 4 nitrogen and oxygen atoms in total. The second kappa shape index (κ2) is 6.81. The summed E-state index contributed by atoms with van der Waals surface area (Å²) >= 11 is 0. The highest BCUT2D eigenvalue weighted by Crippen LogP contribution is 2.35. The second-order valence-corrected chi connectivity index (χ2v) is 6.38. The molecule has 4 heteroatoms. The minimum atomic E-state index is 0.361. The predicted octanol–water partition coefficient (Wildman–Crippen LogP) is 4.41. The minimum absolute atomic E-state index is 0.361. The third kappa shape index (κ3) is 2.75. The maximum atomic E-state index is 5.47. The zero-order chi connectivity index (χ0) is 17.3. The summed E-state index contributed by atoms with van der Waals surface area (Å²) in [6.45, 7) is 12.0. The summed E-state index contributed by atoms with van der Waals surface area (Å²) in [6, 6.07) is 8.83. The minimum Gasteiger partial charge on any atom is -0.497 e. The molecule has 3 rings (SSSR count). The molecule has 0 aliphatic rings. The van der Waals surface area contributed by atoms with Gasteiger partial charge in [0.25, 0.3) is 0 Å². The van der Waals surface area contributed by atoms with Crippen LogP contribution in [-0.4, -0.2) is 41.2 Å². The Morgan fingerprint density at radius 1 is 1.17 bits per heavy atom. The fraction of sp³-hybridized carbons (Fsp3) is 0.450. The number of aryl methyl sites for hydroxylation is 1. The first-order valence-electron chi connectivity index (χ1n) is 8.76. The van der Waals surface area contributed by atoms with Crippen LogP contribution in [0.4, 0.5) is 0 Å². The van der Waals surface area contributed by atoms with Gasteiger partial charge in [-0.2, -0.15) is 0 Å². The van der Waals surface area contributed by atoms with Crippen LogP contribution in [0.25, 0.3) is 21.8 Å². The molecule has 0 fully saturated rings. The van der Waals surface area contributed by atoms with E-state index in [1.54, 1.807) is 7.11 Å². The molecule has 1 atom stereocenters. The van der Waals surface area contributed by atoms with Crippen LogP contribution < -0.4 is 4.74 Å². The van der Waals surface area contributed by atoms with Crippen LogP contribution in [0.3, 0.4) is 0 Å². The van der Waals surface area contributed by atoms with Crippen LogP contribution in [0.5, 0.6) is 5.75 Å². The molecule has 0 amide bonds. The molecule has 0 saturated carbocycles. The van der Waals surface area contributed by atoms with Crippen molar-refractivity contribution in [2.75, 3.05) is 26.7 Å². The molecule has 0 spiro atoms. The Labute approximate surface area is 144 Å². The summed E-state index contributed by atoms with van der Waals surface area (Å²) in [6.07, 6.45) is 1.90. The molecule has 1 aromatic carbocycles. The fourth-order valence-corrected chi connectivity index (χ4v) is 3.66. The number of hydrogen-bond acceptors (Lipinski definition) is 3. The van der Waals surface area contributed by atoms with Gasteiger partial charge in [-0.3, -0.25) is 4.98 Å². The van der Waals surface area contributed by atoms with Gasteiger partial charge in [0, 0.05) is 35.6 Å². The molecule has 1 unspecified atom stereocenters. The summed E-state index contributed by atoms with van der Waals surface area (Å²) in [5.41, 5.74) is 3.54. The molecule has 0 saturated heterocycles. The molecule has 0 radical (unpaired) electrons. The molecule has 0 N–H and O–H groups in total. The smallest absolute Gasteiger partial charge is 0.120 e. The van der Waals surface area contributed by atoms with Gasteiger partial charge in [-0.05, 0) is 45.1 Å². The van der Waals surface area contributed by atoms with E-state index in [0.717, 1.165) is 31.1 Å². The largest absolute Gasteiger partial charge is 0.497 e. The first kappa shape index (κ1) is 16.8. The summed E-state index contributed by atoms with van der Waals surface area (Å²) in [5, 5.41) is 2.54. The number of pyridine rings is 1. The number of likely N-dealkylation sites (N-methyl/N-ethyl adjacent to an activating group) is 1. The number of rotatable bonds is 6. The van der Waals surface area contributed by atoms with Crippen LogP contribution in [0.2, 0.25) is 0 Å². The second-order valence-electron chi connectivity index (χ2n) is 6.38. The number of benzene rings is 1. The van der Waals surface area contributed by atoms with Gasteiger partial charge in [-0.25, -0.2) is 0 Å². The van der Waals surface area contributed by atoms with Gasteiger partial charge in [0.2, 0.25) is 0 Å². The zero-order valence-electron chi connectivity index (χ0n) is 15.3. The Hall–Kier alpha value is -2.07. The van der Waals surface area contributed by atoms with Gasteiger partial charge in [0.15, 0.2) is 0 Å². The van der Waals surface area contributed by atoms with E-state index in [1.807, 2.05) is 12.3 Å². The van der Waals surface area contributed by atoms with Crippen molar-refractivity contribution in [3.05, 3.63) is 36.2 Å². The SMILES string of the molecule is CCN(CC)CC(C)n1c2cc(OC)ccc2c2ccnc(C)c21. The number of hydrogen-bond donors (Lipinski definition) is 0. The van der Waals surface area contributed by atoms with E-state index in [2.05, 4.69) is 60.3 Å². The summed E-state index contributed by atoms with van der Waals surface area (Å²) in [4.78, 5) is 7.01. The van der Waals surface area contributed by atoms with E-state index in [1.165, 1.54) is 21.8 Å². The van der Waals surface area contributed by atoms with Crippen LogP contribution in [0.15, 0.2) is 30.5 Å². The Bertz CT molecular complexity index is 849. The number of methoxy groups -OCH3 is 1. The van der Waals surface area contributed by atoms with E-state index in [-0.39, 0.29) is 0 Å². The van der Waals surface area contributed by atoms with Crippen molar-refractivity contribution in [1.82, 2.24) is 14.5 Å². The highest BCUT2D eigenvalue weighted by atomic mass is 16.5. The molecule has 0 aliphatic carbocycles. The molecule has 3 aromatic rings. The Kier molecular flexibility index (Phi) is 4.76. The van der Waals surface area contributed by atoms with Gasteiger partial charge < -0.3 is 14.2 Å². The zero-order valence-corrected chi connectivity index (χ0v) is 15.3. The van der Waals surface area contributed by atoms with Gasteiger partial charge >= 0.3 is 0 Å². The highest BCUT2D eigenvalue weighted by Gasteiger charge is 2.19. The van der Waals surface area contributed by atoms with Gasteiger partial charge in [0.05, 0.1) is 23.8 Å². The van der Waals surface area contributed by atoms with Crippen molar-refractivity contribution in [2.24, 2.45) is 0 Å². The van der Waals surface area contributed by atoms with Crippen molar-refractivity contribution >= 4 is 21.8 Å². The molecule has 2 heterocycles. The summed E-state index contributed by atoms with van der Waals surface area (Å²) in [7, 11) is 1.72. The molecular weight excluding hydrogens is 298 g/mol. The lowest BCUT2D eigenvalue weighted by Gasteiger charge is -2.25. The molecular formula is C20H27N3O. The standard InChI is InChI=1S/C20H27N3O/c1-6-22(7-2)13-14(3)23-19-12-16(24-5)8-9-17(19)18-10-11-21-15(4)20(18)23/h8-12,14H,6-7,13H2,1-5H3. The van der Waals surface area contributed by atoms with E-state index in [9.17, 15) is 0 Å².